The molecule has 2 fully saturated rings. The Morgan fingerprint density at radius 2 is 2.14 bits per heavy atom. The molecule has 0 radical (unpaired) electrons. The maximum Gasteiger partial charge on any atom is 0.257 e. The summed E-state index contributed by atoms with van der Waals surface area (Å²) in [5.41, 5.74) is 2.33. The van der Waals surface area contributed by atoms with E-state index in [4.69, 9.17) is 9.51 Å². The largest absolute Gasteiger partial charge is 0.337 e. The maximum absolute atomic E-state index is 13.2. The van der Waals surface area contributed by atoms with Crippen molar-refractivity contribution in [3.05, 3.63) is 53.6 Å². The minimum Gasteiger partial charge on any atom is -0.337 e. The number of likely N-dealkylation sites (tertiary alicyclic amines) is 1. The fourth-order valence-corrected chi connectivity index (χ4v) is 5.08. The quantitative estimate of drug-likeness (QED) is 0.681. The van der Waals surface area contributed by atoms with E-state index < -0.39 is 0 Å². The van der Waals surface area contributed by atoms with E-state index in [2.05, 4.69) is 10.3 Å². The van der Waals surface area contributed by atoms with Gasteiger partial charge < -0.3 is 9.42 Å². The van der Waals surface area contributed by atoms with Crippen LogP contribution in [0.25, 0.3) is 11.5 Å². The monoisotopic (exact) mass is 391 g/mol. The Morgan fingerprint density at radius 3 is 2.90 bits per heavy atom. The van der Waals surface area contributed by atoms with E-state index in [-0.39, 0.29) is 11.3 Å². The Hall–Kier alpha value is -2.96. The van der Waals surface area contributed by atoms with E-state index in [1.807, 2.05) is 53.8 Å². The van der Waals surface area contributed by atoms with Crippen LogP contribution < -0.4 is 0 Å². The SMILES string of the molecule is CCn1ncc(C(=O)N2C[C@H]3CCC[C@@]3(c3noc(-c4ccccc4)n3)C2)c1C. The Kier molecular flexibility index (Phi) is 4.26. The van der Waals surface area contributed by atoms with Crippen LogP contribution in [0.4, 0.5) is 0 Å². The van der Waals surface area contributed by atoms with E-state index in [0.29, 0.717) is 23.9 Å². The third-order valence-corrected chi connectivity index (χ3v) is 6.68. The highest BCUT2D eigenvalue weighted by Gasteiger charge is 2.54. The molecule has 7 heteroatoms. The Bertz CT molecular complexity index is 1040. The molecule has 1 aromatic carbocycles. The van der Waals surface area contributed by atoms with E-state index in [1.54, 1.807) is 6.20 Å². The van der Waals surface area contributed by atoms with Gasteiger partial charge in [-0.3, -0.25) is 9.48 Å². The lowest BCUT2D eigenvalue weighted by Gasteiger charge is -2.24. The van der Waals surface area contributed by atoms with Gasteiger partial charge >= 0.3 is 0 Å². The first kappa shape index (κ1) is 18.1. The first-order valence-electron chi connectivity index (χ1n) is 10.3. The topological polar surface area (TPSA) is 77.0 Å². The molecule has 2 atom stereocenters. The Balaban J connectivity index is 1.44. The fraction of sp³-hybridized carbons (Fsp3) is 0.455. The van der Waals surface area contributed by atoms with E-state index >= 15 is 0 Å². The molecule has 0 N–H and O–H groups in total. The van der Waals surface area contributed by atoms with Crippen LogP contribution in [0.3, 0.4) is 0 Å². The number of aromatic nitrogens is 4. The molecule has 7 nitrogen and oxygen atoms in total. The summed E-state index contributed by atoms with van der Waals surface area (Å²) in [7, 11) is 0. The molecule has 1 saturated carbocycles. The van der Waals surface area contributed by atoms with Crippen LogP contribution in [0, 0.1) is 12.8 Å². The van der Waals surface area contributed by atoms with Gasteiger partial charge in [0, 0.05) is 30.9 Å². The number of nitrogens with zero attached hydrogens (tertiary/aromatic N) is 5. The van der Waals surface area contributed by atoms with Crippen molar-refractivity contribution in [2.45, 2.75) is 45.1 Å². The van der Waals surface area contributed by atoms with Gasteiger partial charge in [-0.25, -0.2) is 0 Å². The van der Waals surface area contributed by atoms with Gasteiger partial charge in [-0.2, -0.15) is 10.1 Å². The molecule has 1 amide bonds. The van der Waals surface area contributed by atoms with Gasteiger partial charge in [0.05, 0.1) is 17.2 Å². The summed E-state index contributed by atoms with van der Waals surface area (Å²) in [6, 6.07) is 9.84. The number of hydrogen-bond donors (Lipinski definition) is 0. The third-order valence-electron chi connectivity index (χ3n) is 6.68. The summed E-state index contributed by atoms with van der Waals surface area (Å²) < 4.78 is 7.47. The smallest absolute Gasteiger partial charge is 0.257 e. The van der Waals surface area contributed by atoms with E-state index in [1.165, 1.54) is 0 Å². The number of aryl methyl sites for hydroxylation is 1. The van der Waals surface area contributed by atoms with Crippen LogP contribution in [0.15, 0.2) is 41.1 Å². The van der Waals surface area contributed by atoms with Crippen LogP contribution in [-0.4, -0.2) is 43.8 Å². The molecule has 0 bridgehead atoms. The van der Waals surface area contributed by atoms with Crippen molar-refractivity contribution in [3.8, 4) is 11.5 Å². The van der Waals surface area contributed by atoms with Gasteiger partial charge in [0.15, 0.2) is 5.82 Å². The normalized spacial score (nSPS) is 23.5. The standard InChI is InChI=1S/C22H25N5O2/c1-3-27-15(2)18(12-23-27)20(28)26-13-17-10-7-11-22(17,14-26)21-24-19(29-25-21)16-8-5-4-6-9-16/h4-6,8-9,12,17H,3,7,10-11,13-14H2,1-2H3/t17-,22-/m1/s1. The van der Waals surface area contributed by atoms with Gasteiger partial charge in [0.1, 0.15) is 0 Å². The molecule has 1 aliphatic carbocycles. The molecular formula is C22H25N5O2. The molecule has 5 rings (SSSR count). The number of carbonyl (C=O) groups is 1. The van der Waals surface area contributed by atoms with Crippen molar-refractivity contribution >= 4 is 5.91 Å². The Morgan fingerprint density at radius 1 is 1.31 bits per heavy atom. The van der Waals surface area contributed by atoms with Crippen molar-refractivity contribution in [1.29, 1.82) is 0 Å². The van der Waals surface area contributed by atoms with Gasteiger partial charge in [-0.15, -0.1) is 0 Å². The molecule has 1 saturated heterocycles. The van der Waals surface area contributed by atoms with Gasteiger partial charge in [-0.1, -0.05) is 29.8 Å². The summed E-state index contributed by atoms with van der Waals surface area (Å²) in [5.74, 6) is 1.72. The highest BCUT2D eigenvalue weighted by molar-refractivity contribution is 5.95. The molecule has 2 aliphatic rings. The van der Waals surface area contributed by atoms with Gasteiger partial charge in [-0.05, 0) is 44.7 Å². The first-order chi connectivity index (χ1) is 14.1. The van der Waals surface area contributed by atoms with E-state index in [0.717, 1.165) is 49.4 Å². The summed E-state index contributed by atoms with van der Waals surface area (Å²) in [4.78, 5) is 20.0. The lowest BCUT2D eigenvalue weighted by molar-refractivity contribution is 0.0776. The molecule has 150 valence electrons. The molecule has 1 aliphatic heterocycles. The summed E-state index contributed by atoms with van der Waals surface area (Å²) in [6.45, 7) is 6.13. The zero-order chi connectivity index (χ0) is 20.0. The Labute approximate surface area is 169 Å². The molecular weight excluding hydrogens is 366 g/mol. The van der Waals surface area contributed by atoms with Crippen molar-refractivity contribution in [2.75, 3.05) is 13.1 Å². The third kappa shape index (κ3) is 2.79. The number of hydrogen-bond acceptors (Lipinski definition) is 5. The fourth-order valence-electron chi connectivity index (χ4n) is 5.08. The molecule has 0 unspecified atom stereocenters. The minimum absolute atomic E-state index is 0.0581. The van der Waals surface area contributed by atoms with E-state index in [9.17, 15) is 4.79 Å². The maximum atomic E-state index is 13.2. The van der Waals surface area contributed by atoms with Crippen molar-refractivity contribution in [3.63, 3.8) is 0 Å². The van der Waals surface area contributed by atoms with Crippen LogP contribution in [-0.2, 0) is 12.0 Å². The highest BCUT2D eigenvalue weighted by atomic mass is 16.5. The number of benzene rings is 1. The van der Waals surface area contributed by atoms with Gasteiger partial charge in [0.2, 0.25) is 0 Å². The average Bonchev–Trinajstić information content (AvgIpc) is 3.50. The lowest BCUT2D eigenvalue weighted by atomic mass is 9.80. The highest BCUT2D eigenvalue weighted by Crippen LogP contribution is 2.50. The summed E-state index contributed by atoms with van der Waals surface area (Å²) in [6.07, 6.45) is 4.91. The van der Waals surface area contributed by atoms with Gasteiger partial charge in [0.25, 0.3) is 11.8 Å². The second-order valence-corrected chi connectivity index (χ2v) is 8.18. The second-order valence-electron chi connectivity index (χ2n) is 8.18. The van der Waals surface area contributed by atoms with Crippen molar-refractivity contribution < 1.29 is 9.32 Å². The summed E-state index contributed by atoms with van der Waals surface area (Å²) in [5, 5.41) is 8.71. The lowest BCUT2D eigenvalue weighted by Crippen LogP contribution is -2.35. The molecule has 29 heavy (non-hydrogen) atoms. The zero-order valence-electron chi connectivity index (χ0n) is 16.8. The second kappa shape index (κ2) is 6.83. The van der Waals surface area contributed by atoms with Crippen LogP contribution in [0.2, 0.25) is 0 Å². The van der Waals surface area contributed by atoms with Crippen LogP contribution in [0.1, 0.15) is 48.1 Å². The number of carbonyl (C=O) groups excluding carboxylic acids is 1. The minimum atomic E-state index is -0.207. The molecule has 0 spiro atoms. The van der Waals surface area contributed by atoms with Crippen LogP contribution >= 0.6 is 0 Å². The molecule has 2 aromatic heterocycles. The molecule has 3 heterocycles. The predicted octanol–water partition coefficient (Wildman–Crippen LogP) is 3.46. The summed E-state index contributed by atoms with van der Waals surface area (Å²) >= 11 is 0. The predicted molar refractivity (Wildman–Crippen MR) is 107 cm³/mol. The average molecular weight is 391 g/mol. The number of rotatable bonds is 4. The van der Waals surface area contributed by atoms with Crippen molar-refractivity contribution in [1.82, 2.24) is 24.8 Å². The zero-order valence-corrected chi connectivity index (χ0v) is 16.8. The first-order valence-corrected chi connectivity index (χ1v) is 10.3. The number of amides is 1. The number of fused-ring (bicyclic) bond motifs is 1. The van der Waals surface area contributed by atoms with Crippen molar-refractivity contribution in [2.24, 2.45) is 5.92 Å². The van der Waals surface area contributed by atoms with Crippen LogP contribution in [0.5, 0.6) is 0 Å². The molecule has 3 aromatic rings.